The highest BCUT2D eigenvalue weighted by molar-refractivity contribution is 5.02. The first-order valence-electron chi connectivity index (χ1n) is 6.82. The van der Waals surface area contributed by atoms with E-state index < -0.39 is 0 Å². The molecule has 0 aliphatic carbocycles. The van der Waals surface area contributed by atoms with Crippen LogP contribution in [0.3, 0.4) is 0 Å². The largest absolute Gasteiger partial charge is 0.381 e. The lowest BCUT2D eigenvalue weighted by Crippen LogP contribution is -2.55. The molecule has 0 aromatic rings. The maximum Gasteiger partial charge on any atom is 0.0468 e. The van der Waals surface area contributed by atoms with E-state index >= 15 is 0 Å². The maximum atomic E-state index is 6.43. The van der Waals surface area contributed by atoms with Crippen LogP contribution in [0.5, 0.6) is 0 Å². The van der Waals surface area contributed by atoms with Gasteiger partial charge >= 0.3 is 0 Å². The molecule has 4 atom stereocenters. The molecule has 0 aromatic heterocycles. The molecular weight excluding hydrogens is 200 g/mol. The number of rotatable bonds is 1. The summed E-state index contributed by atoms with van der Waals surface area (Å²) in [6.07, 6.45) is 6.42. The summed E-state index contributed by atoms with van der Waals surface area (Å²) in [7, 11) is 2.31. The molecule has 92 valence electrons. The molecule has 0 saturated carbocycles. The summed E-state index contributed by atoms with van der Waals surface area (Å²) >= 11 is 0. The Bertz CT molecular complexity index is 252. The van der Waals surface area contributed by atoms with Crippen LogP contribution < -0.4 is 5.73 Å². The molecule has 0 spiro atoms. The Labute approximate surface area is 98.3 Å². The number of fused-ring (bicyclic) bond motifs is 2. The molecule has 0 aromatic carbocycles. The van der Waals surface area contributed by atoms with Gasteiger partial charge in [0.2, 0.25) is 0 Å². The third kappa shape index (κ3) is 1.69. The Morgan fingerprint density at radius 1 is 1.12 bits per heavy atom. The SMILES string of the molecule is CN1C2CCC1C(C1CCOCC1)C(N)C2. The average molecular weight is 224 g/mol. The molecule has 0 amide bonds. The van der Waals surface area contributed by atoms with Crippen LogP contribution in [-0.2, 0) is 4.74 Å². The Hall–Kier alpha value is -0.120. The van der Waals surface area contributed by atoms with Crippen LogP contribution in [0.1, 0.15) is 32.1 Å². The Balaban J connectivity index is 1.76. The highest BCUT2D eigenvalue weighted by Crippen LogP contribution is 2.43. The van der Waals surface area contributed by atoms with E-state index in [0.717, 1.165) is 37.1 Å². The van der Waals surface area contributed by atoms with Gasteiger partial charge in [0.25, 0.3) is 0 Å². The number of nitrogens with two attached hydrogens (primary N) is 1. The summed E-state index contributed by atoms with van der Waals surface area (Å²) in [5.74, 6) is 1.54. The van der Waals surface area contributed by atoms with Crippen LogP contribution in [0.2, 0.25) is 0 Å². The Kier molecular flexibility index (Phi) is 2.94. The molecular formula is C13H24N2O. The maximum absolute atomic E-state index is 6.43. The molecule has 3 fully saturated rings. The molecule has 3 nitrogen and oxygen atoms in total. The highest BCUT2D eigenvalue weighted by Gasteiger charge is 2.46. The first-order chi connectivity index (χ1) is 7.77. The quantitative estimate of drug-likeness (QED) is 0.728. The van der Waals surface area contributed by atoms with Crippen molar-refractivity contribution in [3.8, 4) is 0 Å². The summed E-state index contributed by atoms with van der Waals surface area (Å²) in [4.78, 5) is 2.61. The van der Waals surface area contributed by atoms with Crippen molar-refractivity contribution >= 4 is 0 Å². The van der Waals surface area contributed by atoms with E-state index in [4.69, 9.17) is 10.5 Å². The molecule has 3 heteroatoms. The molecule has 3 heterocycles. The third-order valence-corrected chi connectivity index (χ3v) is 5.19. The first-order valence-corrected chi connectivity index (χ1v) is 6.82. The van der Waals surface area contributed by atoms with Gasteiger partial charge in [0.15, 0.2) is 0 Å². The van der Waals surface area contributed by atoms with Crippen molar-refractivity contribution in [3.63, 3.8) is 0 Å². The van der Waals surface area contributed by atoms with E-state index in [1.54, 1.807) is 0 Å². The van der Waals surface area contributed by atoms with Crippen LogP contribution in [0.4, 0.5) is 0 Å². The zero-order valence-electron chi connectivity index (χ0n) is 10.3. The van der Waals surface area contributed by atoms with Crippen LogP contribution in [-0.4, -0.2) is 43.3 Å². The van der Waals surface area contributed by atoms with Crippen molar-refractivity contribution in [2.24, 2.45) is 17.6 Å². The lowest BCUT2D eigenvalue weighted by molar-refractivity contribution is 0.000273. The normalized spacial score (nSPS) is 46.1. The van der Waals surface area contributed by atoms with Gasteiger partial charge in [-0.1, -0.05) is 0 Å². The van der Waals surface area contributed by atoms with Crippen molar-refractivity contribution in [3.05, 3.63) is 0 Å². The number of nitrogens with zero attached hydrogens (tertiary/aromatic N) is 1. The number of ether oxygens (including phenoxy) is 1. The molecule has 4 unspecified atom stereocenters. The summed E-state index contributed by atoms with van der Waals surface area (Å²) in [6, 6.07) is 1.98. The van der Waals surface area contributed by atoms with Crippen LogP contribution >= 0.6 is 0 Å². The predicted octanol–water partition coefficient (Wildman–Crippen LogP) is 1.22. The fourth-order valence-corrected chi connectivity index (χ4v) is 4.31. The fraction of sp³-hybridized carbons (Fsp3) is 1.00. The topological polar surface area (TPSA) is 38.5 Å². The van der Waals surface area contributed by atoms with Gasteiger partial charge in [-0.25, -0.2) is 0 Å². The summed E-state index contributed by atoms with van der Waals surface area (Å²) < 4.78 is 5.48. The average Bonchev–Trinajstić information content (AvgIpc) is 2.56. The van der Waals surface area contributed by atoms with Gasteiger partial charge in [0, 0.05) is 31.3 Å². The Morgan fingerprint density at radius 2 is 1.88 bits per heavy atom. The molecule has 3 rings (SSSR count). The number of hydrogen-bond donors (Lipinski definition) is 1. The summed E-state index contributed by atoms with van der Waals surface area (Å²) in [5.41, 5.74) is 6.43. The van der Waals surface area contributed by atoms with Gasteiger partial charge in [0.05, 0.1) is 0 Å². The molecule has 2 bridgehead atoms. The van der Waals surface area contributed by atoms with Crippen LogP contribution in [0.25, 0.3) is 0 Å². The monoisotopic (exact) mass is 224 g/mol. The van der Waals surface area contributed by atoms with Gasteiger partial charge in [-0.05, 0) is 51.0 Å². The van der Waals surface area contributed by atoms with Crippen molar-refractivity contribution in [2.75, 3.05) is 20.3 Å². The smallest absolute Gasteiger partial charge is 0.0468 e. The van der Waals surface area contributed by atoms with Gasteiger partial charge in [-0.3, -0.25) is 0 Å². The van der Waals surface area contributed by atoms with E-state index in [1.165, 1.54) is 32.1 Å². The van der Waals surface area contributed by atoms with Gasteiger partial charge < -0.3 is 15.4 Å². The van der Waals surface area contributed by atoms with E-state index in [2.05, 4.69) is 11.9 Å². The van der Waals surface area contributed by atoms with Crippen molar-refractivity contribution in [2.45, 2.75) is 50.2 Å². The second kappa shape index (κ2) is 4.28. The van der Waals surface area contributed by atoms with E-state index in [-0.39, 0.29) is 0 Å². The second-order valence-corrected chi connectivity index (χ2v) is 5.89. The van der Waals surface area contributed by atoms with Crippen molar-refractivity contribution < 1.29 is 4.74 Å². The molecule has 0 radical (unpaired) electrons. The van der Waals surface area contributed by atoms with Crippen LogP contribution in [0.15, 0.2) is 0 Å². The van der Waals surface area contributed by atoms with E-state index in [9.17, 15) is 0 Å². The van der Waals surface area contributed by atoms with Gasteiger partial charge in [-0.2, -0.15) is 0 Å². The minimum atomic E-state index is 0.441. The first kappa shape index (κ1) is 11.0. The standard InChI is InChI=1S/C13H24N2O/c1-15-10-2-3-12(15)13(11(14)8-10)9-4-6-16-7-5-9/h9-13H,2-8,14H2,1H3. The highest BCUT2D eigenvalue weighted by atomic mass is 16.5. The minimum absolute atomic E-state index is 0.441. The van der Waals surface area contributed by atoms with Gasteiger partial charge in [0.1, 0.15) is 0 Å². The van der Waals surface area contributed by atoms with Gasteiger partial charge in [-0.15, -0.1) is 0 Å². The molecule has 3 saturated heterocycles. The minimum Gasteiger partial charge on any atom is -0.381 e. The zero-order chi connectivity index (χ0) is 11.1. The zero-order valence-corrected chi connectivity index (χ0v) is 10.3. The molecule has 3 aliphatic heterocycles. The lowest BCUT2D eigenvalue weighted by Gasteiger charge is -2.46. The summed E-state index contributed by atoms with van der Waals surface area (Å²) in [5, 5.41) is 0. The van der Waals surface area contributed by atoms with E-state index in [0.29, 0.717) is 6.04 Å². The van der Waals surface area contributed by atoms with E-state index in [1.807, 2.05) is 0 Å². The molecule has 16 heavy (non-hydrogen) atoms. The van der Waals surface area contributed by atoms with Crippen molar-refractivity contribution in [1.29, 1.82) is 0 Å². The predicted molar refractivity (Wildman–Crippen MR) is 64.2 cm³/mol. The third-order valence-electron chi connectivity index (χ3n) is 5.19. The summed E-state index contributed by atoms with van der Waals surface area (Å²) in [6.45, 7) is 1.90. The van der Waals surface area contributed by atoms with Crippen molar-refractivity contribution in [1.82, 2.24) is 4.90 Å². The Morgan fingerprint density at radius 3 is 2.62 bits per heavy atom. The molecule has 3 aliphatic rings. The number of hydrogen-bond acceptors (Lipinski definition) is 3. The van der Waals surface area contributed by atoms with Crippen LogP contribution in [0, 0.1) is 11.8 Å². The second-order valence-electron chi connectivity index (χ2n) is 5.89. The lowest BCUT2D eigenvalue weighted by atomic mass is 9.74. The number of piperidine rings is 1. The fourth-order valence-electron chi connectivity index (χ4n) is 4.31. The molecule has 2 N–H and O–H groups in total.